The number of nitrogens with two attached hydrogens (primary N) is 1. The molecule has 1 aliphatic rings. The molecule has 3 rings (SSSR count). The van der Waals surface area contributed by atoms with Gasteiger partial charge >= 0.3 is 6.09 Å². The molecule has 2 aromatic heterocycles. The Balaban J connectivity index is 1.92. The van der Waals surface area contributed by atoms with E-state index < -0.39 is 29.9 Å². The number of halogens is 1. The molecule has 0 aliphatic heterocycles. The van der Waals surface area contributed by atoms with Crippen LogP contribution in [0.5, 0.6) is 0 Å². The van der Waals surface area contributed by atoms with Gasteiger partial charge in [0.15, 0.2) is 11.6 Å². The zero-order valence-corrected chi connectivity index (χ0v) is 17.6. The smallest absolute Gasteiger partial charge is 0.404 e. The molecule has 0 bridgehead atoms. The van der Waals surface area contributed by atoms with Gasteiger partial charge in [-0.25, -0.2) is 14.2 Å². The van der Waals surface area contributed by atoms with E-state index in [0.717, 1.165) is 24.5 Å². The molecule has 1 saturated carbocycles. The van der Waals surface area contributed by atoms with Crippen molar-refractivity contribution >= 4 is 29.3 Å². The SMILES string of the molecule is CC(C)[C@H](Nc1nc(Nc2cncc(C3CC3)c2)c(C(N)=O)cc1F)[C@H](C)NC(=O)O. The van der Waals surface area contributed by atoms with Gasteiger partial charge in [-0.3, -0.25) is 9.78 Å². The van der Waals surface area contributed by atoms with Crippen molar-refractivity contribution in [2.24, 2.45) is 11.7 Å². The van der Waals surface area contributed by atoms with Crippen LogP contribution in [-0.2, 0) is 0 Å². The highest BCUT2D eigenvalue weighted by Gasteiger charge is 2.26. The van der Waals surface area contributed by atoms with E-state index in [4.69, 9.17) is 10.8 Å². The average molecular weight is 430 g/mol. The lowest BCUT2D eigenvalue weighted by Gasteiger charge is -2.29. The van der Waals surface area contributed by atoms with Crippen molar-refractivity contribution in [2.45, 2.75) is 51.6 Å². The first-order chi connectivity index (χ1) is 14.7. The number of pyridine rings is 2. The second-order valence-corrected chi connectivity index (χ2v) is 8.14. The first kappa shape index (κ1) is 22.3. The maximum atomic E-state index is 14.7. The predicted molar refractivity (Wildman–Crippen MR) is 115 cm³/mol. The lowest BCUT2D eigenvalue weighted by atomic mass is 9.97. The second-order valence-electron chi connectivity index (χ2n) is 8.14. The number of anilines is 3. The number of amides is 2. The van der Waals surface area contributed by atoms with Gasteiger partial charge in [-0.15, -0.1) is 0 Å². The van der Waals surface area contributed by atoms with Gasteiger partial charge < -0.3 is 26.8 Å². The van der Waals surface area contributed by atoms with E-state index >= 15 is 0 Å². The van der Waals surface area contributed by atoms with Gasteiger partial charge in [0.2, 0.25) is 0 Å². The standard InChI is InChI=1S/C21H27FN6O3/c1-10(2)17(11(3)25-21(30)31)27-20-16(22)7-15(18(23)29)19(28-20)26-14-6-13(8-24-9-14)12-4-5-12/h6-12,17,25H,4-5H2,1-3H3,(H2,23,29)(H,30,31)(H2,26,27,28)/t11-,17-/m0/s1. The van der Waals surface area contributed by atoms with E-state index in [1.165, 1.54) is 0 Å². The molecule has 6 N–H and O–H groups in total. The van der Waals surface area contributed by atoms with Gasteiger partial charge in [-0.2, -0.15) is 0 Å². The minimum absolute atomic E-state index is 0.0466. The highest BCUT2D eigenvalue weighted by Crippen LogP contribution is 2.40. The number of primary amides is 1. The van der Waals surface area contributed by atoms with Crippen LogP contribution in [0.15, 0.2) is 24.5 Å². The molecule has 9 nitrogen and oxygen atoms in total. The third kappa shape index (κ3) is 5.59. The average Bonchev–Trinajstić information content (AvgIpc) is 3.52. The largest absolute Gasteiger partial charge is 0.465 e. The van der Waals surface area contributed by atoms with Crippen LogP contribution < -0.4 is 21.7 Å². The van der Waals surface area contributed by atoms with Crippen LogP contribution in [0.2, 0.25) is 0 Å². The van der Waals surface area contributed by atoms with Crippen LogP contribution in [0.4, 0.5) is 26.5 Å². The molecule has 31 heavy (non-hydrogen) atoms. The van der Waals surface area contributed by atoms with E-state index in [1.54, 1.807) is 19.3 Å². The zero-order chi connectivity index (χ0) is 22.7. The van der Waals surface area contributed by atoms with Crippen LogP contribution in [0.3, 0.4) is 0 Å². The van der Waals surface area contributed by atoms with Gasteiger partial charge in [-0.05, 0) is 49.3 Å². The Kier molecular flexibility index (Phi) is 6.57. The van der Waals surface area contributed by atoms with Gasteiger partial charge in [0.05, 0.1) is 17.4 Å². The fourth-order valence-electron chi connectivity index (χ4n) is 3.49. The molecule has 0 aromatic carbocycles. The Labute approximate surface area is 179 Å². The summed E-state index contributed by atoms with van der Waals surface area (Å²) in [6, 6.07) is 1.96. The first-order valence-electron chi connectivity index (χ1n) is 10.1. The van der Waals surface area contributed by atoms with Crippen molar-refractivity contribution < 1.29 is 19.1 Å². The Morgan fingerprint density at radius 1 is 1.19 bits per heavy atom. The second kappa shape index (κ2) is 9.15. The van der Waals surface area contributed by atoms with Crippen molar-refractivity contribution in [3.63, 3.8) is 0 Å². The molecule has 0 spiro atoms. The first-order valence-corrected chi connectivity index (χ1v) is 10.1. The van der Waals surface area contributed by atoms with E-state index in [1.807, 2.05) is 19.9 Å². The van der Waals surface area contributed by atoms with Crippen LogP contribution in [-0.4, -0.2) is 39.2 Å². The van der Waals surface area contributed by atoms with Crippen molar-refractivity contribution in [2.75, 3.05) is 10.6 Å². The third-order valence-corrected chi connectivity index (χ3v) is 5.22. The van der Waals surface area contributed by atoms with Gasteiger partial charge in [0, 0.05) is 18.3 Å². The molecule has 2 heterocycles. The van der Waals surface area contributed by atoms with Gasteiger partial charge in [0.25, 0.3) is 5.91 Å². The topological polar surface area (TPSA) is 142 Å². The molecule has 2 amide bonds. The maximum absolute atomic E-state index is 14.7. The summed E-state index contributed by atoms with van der Waals surface area (Å²) in [5.74, 6) is -1.18. The summed E-state index contributed by atoms with van der Waals surface area (Å²) in [7, 11) is 0. The number of aromatic nitrogens is 2. The number of carbonyl (C=O) groups excluding carboxylic acids is 1. The van der Waals surface area contributed by atoms with Crippen molar-refractivity contribution in [1.82, 2.24) is 15.3 Å². The van der Waals surface area contributed by atoms with Crippen LogP contribution in [0, 0.1) is 11.7 Å². The lowest BCUT2D eigenvalue weighted by molar-refractivity contribution is 0.1000. The molecular weight excluding hydrogens is 403 g/mol. The number of carbonyl (C=O) groups is 2. The van der Waals surface area contributed by atoms with Gasteiger partial charge in [-0.1, -0.05) is 13.8 Å². The third-order valence-electron chi connectivity index (χ3n) is 5.22. The van der Waals surface area contributed by atoms with Gasteiger partial charge in [0.1, 0.15) is 5.82 Å². The Morgan fingerprint density at radius 2 is 1.90 bits per heavy atom. The molecule has 0 unspecified atom stereocenters. The molecule has 0 saturated heterocycles. The molecule has 1 aliphatic carbocycles. The molecule has 10 heteroatoms. The summed E-state index contributed by atoms with van der Waals surface area (Å²) in [6.07, 6.45) is 4.43. The monoisotopic (exact) mass is 430 g/mol. The predicted octanol–water partition coefficient (Wildman–Crippen LogP) is 3.43. The van der Waals surface area contributed by atoms with Crippen LogP contribution >= 0.6 is 0 Å². The molecule has 166 valence electrons. The fraction of sp³-hybridized carbons (Fsp3) is 0.429. The molecular formula is C21H27FN6O3. The van der Waals surface area contributed by atoms with Crippen molar-refractivity contribution in [1.29, 1.82) is 0 Å². The molecule has 2 atom stereocenters. The highest BCUT2D eigenvalue weighted by molar-refractivity contribution is 5.98. The number of carboxylic acid groups (broad SMARTS) is 1. The summed E-state index contributed by atoms with van der Waals surface area (Å²) >= 11 is 0. The number of hydrogen-bond donors (Lipinski definition) is 5. The van der Waals surface area contributed by atoms with Crippen LogP contribution in [0.25, 0.3) is 0 Å². The minimum Gasteiger partial charge on any atom is -0.465 e. The van der Waals surface area contributed by atoms with E-state index in [2.05, 4.69) is 25.9 Å². The highest BCUT2D eigenvalue weighted by atomic mass is 19.1. The molecule has 2 aromatic rings. The number of hydrogen-bond acceptors (Lipinski definition) is 6. The molecule has 1 fully saturated rings. The Morgan fingerprint density at radius 3 is 2.48 bits per heavy atom. The fourth-order valence-corrected chi connectivity index (χ4v) is 3.49. The van der Waals surface area contributed by atoms with Crippen molar-refractivity contribution in [3.8, 4) is 0 Å². The van der Waals surface area contributed by atoms with E-state index in [0.29, 0.717) is 11.6 Å². The normalized spacial score (nSPS) is 15.3. The Hall–Kier alpha value is -3.43. The number of nitrogens with zero attached hydrogens (tertiary/aromatic N) is 2. The van der Waals surface area contributed by atoms with E-state index in [-0.39, 0.29) is 23.1 Å². The molecule has 0 radical (unpaired) electrons. The van der Waals surface area contributed by atoms with E-state index in [9.17, 15) is 14.0 Å². The summed E-state index contributed by atoms with van der Waals surface area (Å²) in [6.45, 7) is 5.43. The number of rotatable bonds is 9. The lowest BCUT2D eigenvalue weighted by Crippen LogP contribution is -2.47. The quantitative estimate of drug-likeness (QED) is 0.410. The zero-order valence-electron chi connectivity index (χ0n) is 17.6. The summed E-state index contributed by atoms with van der Waals surface area (Å²) < 4.78 is 14.7. The summed E-state index contributed by atoms with van der Waals surface area (Å²) in [5, 5.41) is 17.4. The minimum atomic E-state index is -1.18. The Bertz CT molecular complexity index is 980. The summed E-state index contributed by atoms with van der Waals surface area (Å²) in [5.41, 5.74) is 7.02. The maximum Gasteiger partial charge on any atom is 0.404 e. The summed E-state index contributed by atoms with van der Waals surface area (Å²) in [4.78, 5) is 31.4. The van der Waals surface area contributed by atoms with Crippen LogP contribution in [0.1, 0.15) is 55.5 Å². The van der Waals surface area contributed by atoms with Crippen molar-refractivity contribution in [3.05, 3.63) is 41.5 Å². The number of nitrogens with one attached hydrogen (secondary N) is 3.